The topological polar surface area (TPSA) is 44.8 Å². The van der Waals surface area contributed by atoms with Crippen LogP contribution < -0.4 is 0 Å². The van der Waals surface area contributed by atoms with E-state index in [2.05, 4.69) is 39.8 Å². The lowest BCUT2D eigenvalue weighted by Gasteiger charge is -2.42. The van der Waals surface area contributed by atoms with E-state index < -0.39 is 0 Å². The van der Waals surface area contributed by atoms with Gasteiger partial charge in [0.2, 0.25) is 0 Å². The largest absolute Gasteiger partial charge is 0.469 e. The Morgan fingerprint density at radius 3 is 2.64 bits per heavy atom. The van der Waals surface area contributed by atoms with Gasteiger partial charge in [-0.05, 0) is 56.8 Å². The summed E-state index contributed by atoms with van der Waals surface area (Å²) in [7, 11) is 1.42. The van der Waals surface area contributed by atoms with Crippen LogP contribution in [0.5, 0.6) is 0 Å². The maximum Gasteiger partial charge on any atom is 0.308 e. The number of methoxy groups -OCH3 is 1. The fourth-order valence-corrected chi connectivity index (χ4v) is 3.72. The molecule has 4 atom stereocenters. The van der Waals surface area contributed by atoms with Crippen LogP contribution in [-0.2, 0) is 19.3 Å². The summed E-state index contributed by atoms with van der Waals surface area (Å²) in [6, 6.07) is 0. The monoisotopic (exact) mass is 354 g/mol. The van der Waals surface area contributed by atoms with Gasteiger partial charge < -0.3 is 4.74 Å². The third kappa shape index (κ3) is 7.10. The molecule has 1 rings (SSSR count). The summed E-state index contributed by atoms with van der Waals surface area (Å²) in [5.74, 6) is 0.770. The van der Waals surface area contributed by atoms with Gasteiger partial charge in [-0.25, -0.2) is 9.78 Å². The van der Waals surface area contributed by atoms with Crippen molar-refractivity contribution in [2.24, 2.45) is 11.8 Å². The first-order chi connectivity index (χ1) is 12.0. The zero-order chi connectivity index (χ0) is 18.7. The van der Waals surface area contributed by atoms with Crippen LogP contribution >= 0.6 is 0 Å². The number of carbonyl (C=O) groups excluding carboxylic acids is 1. The molecule has 0 aromatic rings. The van der Waals surface area contributed by atoms with Crippen LogP contribution in [0, 0.1) is 11.8 Å². The van der Waals surface area contributed by atoms with Crippen molar-refractivity contribution in [3.63, 3.8) is 0 Å². The van der Waals surface area contributed by atoms with Crippen molar-refractivity contribution >= 4 is 5.97 Å². The Morgan fingerprint density at radius 1 is 1.32 bits per heavy atom. The second-order valence-corrected chi connectivity index (χ2v) is 7.30. The molecule has 0 aromatic heterocycles. The molecule has 0 aromatic carbocycles. The molecule has 25 heavy (non-hydrogen) atoms. The maximum absolute atomic E-state index is 11.6. The molecule has 0 radical (unpaired) electrons. The van der Waals surface area contributed by atoms with Crippen LogP contribution in [0.2, 0.25) is 0 Å². The third-order valence-electron chi connectivity index (χ3n) is 5.65. The van der Waals surface area contributed by atoms with Gasteiger partial charge in [-0.1, -0.05) is 46.3 Å². The molecule has 1 aliphatic rings. The Morgan fingerprint density at radius 2 is 2.08 bits per heavy atom. The second kappa shape index (κ2) is 11.7. The van der Waals surface area contributed by atoms with Gasteiger partial charge in [-0.15, -0.1) is 0 Å². The molecule has 146 valence electrons. The Kier molecular flexibility index (Phi) is 10.4. The van der Waals surface area contributed by atoms with Crippen LogP contribution in [0.15, 0.2) is 12.2 Å². The highest BCUT2D eigenvalue weighted by Crippen LogP contribution is 2.40. The van der Waals surface area contributed by atoms with Crippen molar-refractivity contribution in [1.82, 2.24) is 0 Å². The molecule has 0 N–H and O–H groups in total. The summed E-state index contributed by atoms with van der Waals surface area (Å²) < 4.78 is 4.78. The lowest BCUT2D eigenvalue weighted by atomic mass is 9.79. The number of hydrogen-bond acceptors (Lipinski definition) is 4. The standard InChI is InChI=1S/C21H38O4/c1-6-10-12-17(7-2)13-11-14-21(9-4)16-18(8-3)19(24-25-21)15-20(22)23-5/h10,12,17-19H,6-9,11,13-16H2,1-5H3/t17-,18-,19-,21-/m0/s1. The van der Waals surface area contributed by atoms with E-state index in [1.807, 2.05) is 0 Å². The van der Waals surface area contributed by atoms with Gasteiger partial charge in [0, 0.05) is 0 Å². The first-order valence-corrected chi connectivity index (χ1v) is 10.1. The molecule has 0 spiro atoms. The molecular weight excluding hydrogens is 316 g/mol. The Bertz CT molecular complexity index is 407. The van der Waals surface area contributed by atoms with Gasteiger partial charge in [0.05, 0.1) is 13.5 Å². The minimum Gasteiger partial charge on any atom is -0.469 e. The molecule has 0 aliphatic carbocycles. The summed E-state index contributed by atoms with van der Waals surface area (Å²) >= 11 is 0. The quantitative estimate of drug-likeness (QED) is 0.275. The summed E-state index contributed by atoms with van der Waals surface area (Å²) in [6.07, 6.45) is 13.2. The molecule has 1 aliphatic heterocycles. The van der Waals surface area contributed by atoms with Crippen molar-refractivity contribution in [2.45, 2.75) is 97.2 Å². The molecule has 0 saturated carbocycles. The van der Waals surface area contributed by atoms with Crippen LogP contribution in [0.25, 0.3) is 0 Å². The number of allylic oxidation sites excluding steroid dienone is 2. The van der Waals surface area contributed by atoms with E-state index in [0.717, 1.165) is 38.5 Å². The highest BCUT2D eigenvalue weighted by molar-refractivity contribution is 5.69. The molecular formula is C21H38O4. The van der Waals surface area contributed by atoms with E-state index in [0.29, 0.717) is 11.8 Å². The first kappa shape index (κ1) is 22.2. The fourth-order valence-electron chi connectivity index (χ4n) is 3.72. The number of ether oxygens (including phenoxy) is 1. The smallest absolute Gasteiger partial charge is 0.308 e. The number of rotatable bonds is 11. The second-order valence-electron chi connectivity index (χ2n) is 7.30. The lowest BCUT2D eigenvalue weighted by molar-refractivity contribution is -0.423. The van der Waals surface area contributed by atoms with Crippen molar-refractivity contribution in [2.75, 3.05) is 7.11 Å². The summed E-state index contributed by atoms with van der Waals surface area (Å²) in [5.41, 5.74) is -0.208. The SMILES string of the molecule is CCC=C[C@H](CC)CCC[C@@]1(CC)C[C@H](CC)[C@H](CC(=O)OC)OO1. The highest BCUT2D eigenvalue weighted by Gasteiger charge is 2.42. The molecule has 0 amide bonds. The summed E-state index contributed by atoms with van der Waals surface area (Å²) in [5, 5.41) is 0. The number of carbonyl (C=O) groups is 1. The average molecular weight is 355 g/mol. The molecule has 1 heterocycles. The van der Waals surface area contributed by atoms with Gasteiger partial charge in [0.1, 0.15) is 11.7 Å². The van der Waals surface area contributed by atoms with E-state index in [-0.39, 0.29) is 24.1 Å². The molecule has 4 nitrogen and oxygen atoms in total. The zero-order valence-electron chi connectivity index (χ0n) is 16.9. The summed E-state index contributed by atoms with van der Waals surface area (Å²) in [6.45, 7) is 8.76. The predicted octanol–water partition coefficient (Wildman–Crippen LogP) is 5.61. The Balaban J connectivity index is 2.58. The van der Waals surface area contributed by atoms with E-state index in [4.69, 9.17) is 14.5 Å². The van der Waals surface area contributed by atoms with Gasteiger partial charge in [-0.2, -0.15) is 0 Å². The van der Waals surface area contributed by atoms with Crippen LogP contribution in [0.4, 0.5) is 0 Å². The van der Waals surface area contributed by atoms with Gasteiger partial charge in [0.25, 0.3) is 0 Å². The van der Waals surface area contributed by atoms with E-state index in [9.17, 15) is 4.79 Å². The van der Waals surface area contributed by atoms with E-state index >= 15 is 0 Å². The molecule has 1 fully saturated rings. The van der Waals surface area contributed by atoms with Crippen molar-refractivity contribution in [3.8, 4) is 0 Å². The molecule has 4 heteroatoms. The summed E-state index contributed by atoms with van der Waals surface area (Å²) in [4.78, 5) is 23.1. The predicted molar refractivity (Wildman–Crippen MR) is 101 cm³/mol. The van der Waals surface area contributed by atoms with Crippen molar-refractivity contribution in [1.29, 1.82) is 0 Å². The van der Waals surface area contributed by atoms with Crippen molar-refractivity contribution < 1.29 is 19.3 Å². The third-order valence-corrected chi connectivity index (χ3v) is 5.65. The van der Waals surface area contributed by atoms with Crippen molar-refractivity contribution in [3.05, 3.63) is 12.2 Å². The molecule has 0 unspecified atom stereocenters. The average Bonchev–Trinajstić information content (AvgIpc) is 2.65. The lowest BCUT2D eigenvalue weighted by Crippen LogP contribution is -2.45. The normalized spacial score (nSPS) is 28.2. The number of esters is 1. The van der Waals surface area contributed by atoms with E-state index in [1.54, 1.807) is 0 Å². The van der Waals surface area contributed by atoms with Crippen LogP contribution in [-0.4, -0.2) is 24.8 Å². The van der Waals surface area contributed by atoms with Gasteiger partial charge in [-0.3, -0.25) is 4.79 Å². The van der Waals surface area contributed by atoms with Crippen LogP contribution in [0.3, 0.4) is 0 Å². The fraction of sp³-hybridized carbons (Fsp3) is 0.857. The van der Waals surface area contributed by atoms with E-state index in [1.165, 1.54) is 20.0 Å². The molecule has 1 saturated heterocycles. The Hall–Kier alpha value is -0.870. The molecule has 0 bridgehead atoms. The first-order valence-electron chi connectivity index (χ1n) is 10.1. The number of hydrogen-bond donors (Lipinski definition) is 0. The zero-order valence-corrected chi connectivity index (χ0v) is 16.9. The van der Waals surface area contributed by atoms with Gasteiger partial charge in [0.15, 0.2) is 0 Å². The van der Waals surface area contributed by atoms with Crippen LogP contribution in [0.1, 0.15) is 85.5 Å². The minimum atomic E-state index is -0.232. The van der Waals surface area contributed by atoms with Gasteiger partial charge >= 0.3 is 5.97 Å². The Labute approximate surface area is 154 Å². The maximum atomic E-state index is 11.6. The minimum absolute atomic E-state index is 0.187. The highest BCUT2D eigenvalue weighted by atomic mass is 17.2.